The van der Waals surface area contributed by atoms with Gasteiger partial charge in [-0.05, 0) is 69.7 Å². The third kappa shape index (κ3) is 4.74. The van der Waals surface area contributed by atoms with Gasteiger partial charge in [-0.2, -0.15) is 0 Å². The minimum Gasteiger partial charge on any atom is -0.497 e. The van der Waals surface area contributed by atoms with Crippen LogP contribution in [0.4, 0.5) is 5.69 Å². The topological polar surface area (TPSA) is 79.3 Å². The summed E-state index contributed by atoms with van der Waals surface area (Å²) in [6.45, 7) is 9.15. The molecule has 0 bridgehead atoms. The Morgan fingerprint density at radius 3 is 2.48 bits per heavy atom. The monoisotopic (exact) mass is 676 g/mol. The zero-order valence-electron chi connectivity index (χ0n) is 26.3. The van der Waals surface area contributed by atoms with Crippen molar-refractivity contribution in [1.29, 1.82) is 0 Å². The zero-order chi connectivity index (χ0) is 31.6. The highest BCUT2D eigenvalue weighted by atomic mass is 79.9. The molecule has 3 aromatic rings. The Morgan fingerprint density at radius 2 is 1.82 bits per heavy atom. The highest BCUT2D eigenvalue weighted by Gasteiger charge is 2.66. The standard InChI is InChI=1S/C35H41BrN2O5Si/c1-21-15-28-32(29(36)16-21)37(3)34(41)35(28)22(2)33(44(5,6)27-13-11-26(42-4)12-14-27)30(43-35)18-31(40)38-19-24-10-8-7-9-23(24)17-25(38)20-39/h7-16,22,25,30,33,39H,17-20H2,1-6H3/t22-,25+,30+,33-,35+/m1/s1. The van der Waals surface area contributed by atoms with E-state index >= 15 is 0 Å². The van der Waals surface area contributed by atoms with Crippen LogP contribution in [0.5, 0.6) is 5.75 Å². The molecule has 0 aliphatic carbocycles. The molecule has 0 saturated carbocycles. The van der Waals surface area contributed by atoms with E-state index in [1.54, 1.807) is 12.0 Å². The molecule has 3 aliphatic rings. The van der Waals surface area contributed by atoms with Crippen LogP contribution in [0.25, 0.3) is 0 Å². The van der Waals surface area contributed by atoms with E-state index in [1.165, 1.54) is 10.8 Å². The van der Waals surface area contributed by atoms with E-state index < -0.39 is 19.8 Å². The lowest BCUT2D eigenvalue weighted by molar-refractivity contribution is -0.150. The van der Waals surface area contributed by atoms with Gasteiger partial charge in [0.25, 0.3) is 5.91 Å². The predicted molar refractivity (Wildman–Crippen MR) is 178 cm³/mol. The number of aliphatic hydroxyl groups excluding tert-OH is 1. The van der Waals surface area contributed by atoms with Crippen molar-refractivity contribution in [2.24, 2.45) is 5.92 Å². The SMILES string of the molecule is COc1ccc([Si](C)(C)[C@H]2[C@H](CC(=O)N3Cc4ccccc4C[C@H]3CO)O[C@@]3(C(=O)N(C)c4c(Br)cc(C)cc43)[C@@H]2C)cc1. The van der Waals surface area contributed by atoms with Gasteiger partial charge in [0.2, 0.25) is 5.91 Å². The summed E-state index contributed by atoms with van der Waals surface area (Å²) >= 11 is 3.72. The molecule has 0 aromatic heterocycles. The van der Waals surface area contributed by atoms with E-state index in [1.807, 2.05) is 49.2 Å². The average molecular weight is 678 g/mol. The molecule has 1 fully saturated rings. The highest BCUT2D eigenvalue weighted by Crippen LogP contribution is 2.60. The number of aliphatic hydroxyl groups is 1. The Bertz CT molecular complexity index is 1610. The fourth-order valence-corrected chi connectivity index (χ4v) is 13.0. The van der Waals surface area contributed by atoms with Crippen LogP contribution in [0.2, 0.25) is 18.6 Å². The van der Waals surface area contributed by atoms with E-state index in [-0.39, 0.29) is 42.3 Å². The molecular weight excluding hydrogens is 636 g/mol. The number of hydrogen-bond acceptors (Lipinski definition) is 5. The number of amides is 2. The van der Waals surface area contributed by atoms with Gasteiger partial charge in [-0.25, -0.2) is 0 Å². The normalized spacial score (nSPS) is 26.2. The Balaban J connectivity index is 1.43. The molecular formula is C35H41BrN2O5Si. The van der Waals surface area contributed by atoms with Gasteiger partial charge in [0, 0.05) is 29.5 Å². The van der Waals surface area contributed by atoms with Gasteiger partial charge in [-0.3, -0.25) is 9.59 Å². The smallest absolute Gasteiger partial charge is 0.264 e. The van der Waals surface area contributed by atoms with E-state index in [2.05, 4.69) is 66.3 Å². The molecule has 1 saturated heterocycles. The van der Waals surface area contributed by atoms with Gasteiger partial charge in [0.05, 0.1) is 46.0 Å². The summed E-state index contributed by atoms with van der Waals surface area (Å²) in [6, 6.07) is 20.2. The van der Waals surface area contributed by atoms with Gasteiger partial charge in [0.15, 0.2) is 5.60 Å². The number of benzene rings is 3. The second-order valence-electron chi connectivity index (χ2n) is 13.2. The Labute approximate surface area is 269 Å². The molecule has 0 radical (unpaired) electrons. The van der Waals surface area contributed by atoms with Gasteiger partial charge < -0.3 is 24.4 Å². The number of nitrogens with zero attached hydrogens (tertiary/aromatic N) is 2. The number of likely N-dealkylation sites (N-methyl/N-ethyl adjacent to an activating group) is 1. The molecule has 5 atom stereocenters. The summed E-state index contributed by atoms with van der Waals surface area (Å²) < 4.78 is 13.4. The number of aryl methyl sites for hydroxylation is 1. The lowest BCUT2D eigenvalue weighted by Crippen LogP contribution is -2.52. The van der Waals surface area contributed by atoms with Crippen LogP contribution in [0.3, 0.4) is 0 Å². The minimum atomic E-state index is -2.38. The van der Waals surface area contributed by atoms with E-state index in [0.717, 1.165) is 32.6 Å². The molecule has 9 heteroatoms. The van der Waals surface area contributed by atoms with E-state index in [9.17, 15) is 14.7 Å². The Hall–Kier alpha value is -2.98. The van der Waals surface area contributed by atoms with Crippen LogP contribution in [-0.2, 0) is 32.9 Å². The number of halogens is 1. The molecule has 44 heavy (non-hydrogen) atoms. The molecule has 232 valence electrons. The molecule has 6 rings (SSSR count). The first kappa shape index (κ1) is 31.0. The molecule has 1 N–H and O–H groups in total. The Kier molecular flexibility index (Phi) is 8.05. The van der Waals surface area contributed by atoms with Crippen molar-refractivity contribution < 1.29 is 24.2 Å². The molecule has 3 aliphatic heterocycles. The lowest BCUT2D eigenvalue weighted by Gasteiger charge is -2.39. The molecule has 0 unspecified atom stereocenters. The van der Waals surface area contributed by atoms with Crippen molar-refractivity contribution in [3.63, 3.8) is 0 Å². The first-order chi connectivity index (χ1) is 20.9. The third-order valence-corrected chi connectivity index (χ3v) is 15.4. The van der Waals surface area contributed by atoms with Gasteiger partial charge in [0.1, 0.15) is 5.75 Å². The van der Waals surface area contributed by atoms with Crippen molar-refractivity contribution in [2.75, 3.05) is 25.7 Å². The van der Waals surface area contributed by atoms with E-state index in [4.69, 9.17) is 9.47 Å². The molecule has 2 amide bonds. The van der Waals surface area contributed by atoms with Crippen molar-refractivity contribution >= 4 is 46.7 Å². The van der Waals surface area contributed by atoms with Gasteiger partial charge >= 0.3 is 0 Å². The molecule has 3 aromatic carbocycles. The van der Waals surface area contributed by atoms with Crippen LogP contribution in [-0.4, -0.2) is 62.8 Å². The number of anilines is 1. The zero-order valence-corrected chi connectivity index (χ0v) is 28.8. The largest absolute Gasteiger partial charge is 0.497 e. The second-order valence-corrected chi connectivity index (χ2v) is 18.7. The fourth-order valence-electron chi connectivity index (χ4n) is 8.18. The minimum absolute atomic E-state index is 0.0490. The number of rotatable bonds is 6. The summed E-state index contributed by atoms with van der Waals surface area (Å²) in [5.41, 5.74) is 3.76. The van der Waals surface area contributed by atoms with Gasteiger partial charge in [-0.1, -0.05) is 67.7 Å². The first-order valence-electron chi connectivity index (χ1n) is 15.3. The van der Waals surface area contributed by atoms with Crippen molar-refractivity contribution in [2.45, 2.75) is 69.6 Å². The van der Waals surface area contributed by atoms with Crippen LogP contribution in [0, 0.1) is 12.8 Å². The average Bonchev–Trinajstić information content (AvgIpc) is 3.42. The summed E-state index contributed by atoms with van der Waals surface area (Å²) in [7, 11) is 1.08. The van der Waals surface area contributed by atoms with Crippen LogP contribution < -0.4 is 14.8 Å². The summed E-state index contributed by atoms with van der Waals surface area (Å²) in [4.78, 5) is 32.2. The highest BCUT2D eigenvalue weighted by molar-refractivity contribution is 9.10. The van der Waals surface area contributed by atoms with Crippen molar-refractivity contribution in [1.82, 2.24) is 4.90 Å². The summed E-state index contributed by atoms with van der Waals surface area (Å²) in [5, 5.41) is 11.5. The van der Waals surface area contributed by atoms with E-state index in [0.29, 0.717) is 13.0 Å². The molecule has 7 nitrogen and oxygen atoms in total. The van der Waals surface area contributed by atoms with Crippen LogP contribution >= 0.6 is 15.9 Å². The lowest BCUT2D eigenvalue weighted by atomic mass is 9.82. The molecule has 1 spiro atoms. The number of carbonyl (C=O) groups is 2. The quantitative estimate of drug-likeness (QED) is 0.359. The number of methoxy groups -OCH3 is 1. The van der Waals surface area contributed by atoms with Crippen LogP contribution in [0.1, 0.15) is 35.6 Å². The van der Waals surface area contributed by atoms with Crippen molar-refractivity contribution in [3.8, 4) is 5.75 Å². The third-order valence-electron chi connectivity index (χ3n) is 10.4. The summed E-state index contributed by atoms with van der Waals surface area (Å²) in [6.07, 6.45) is 0.269. The summed E-state index contributed by atoms with van der Waals surface area (Å²) in [5.74, 6) is 0.456. The fraction of sp³-hybridized carbons (Fsp3) is 0.429. The Morgan fingerprint density at radius 1 is 1.14 bits per heavy atom. The number of fused-ring (bicyclic) bond motifs is 3. The number of carbonyl (C=O) groups excluding carboxylic acids is 2. The van der Waals surface area contributed by atoms with Crippen LogP contribution in [0.15, 0.2) is 65.1 Å². The number of hydrogen-bond donors (Lipinski definition) is 1. The first-order valence-corrected chi connectivity index (χ1v) is 19.2. The predicted octanol–water partition coefficient (Wildman–Crippen LogP) is 5.29. The second kappa shape index (κ2) is 11.4. The maximum Gasteiger partial charge on any atom is 0.264 e. The van der Waals surface area contributed by atoms with Crippen molar-refractivity contribution in [3.05, 3.63) is 87.4 Å². The van der Waals surface area contributed by atoms with Gasteiger partial charge in [-0.15, -0.1) is 0 Å². The molecule has 3 heterocycles. The maximum atomic E-state index is 14.4. The number of ether oxygens (including phenoxy) is 2. The maximum absolute atomic E-state index is 14.4.